The summed E-state index contributed by atoms with van der Waals surface area (Å²) < 4.78 is 45.8. The summed E-state index contributed by atoms with van der Waals surface area (Å²) in [5.41, 5.74) is 2.09. The summed E-state index contributed by atoms with van der Waals surface area (Å²) >= 11 is 3.37. The molecule has 0 radical (unpaired) electrons. The maximum absolute atomic E-state index is 15.2. The third kappa shape index (κ3) is 5.59. The maximum Gasteiger partial charge on any atom is 0.182 e. The Morgan fingerprint density at radius 1 is 0.812 bits per heavy atom. The van der Waals surface area contributed by atoms with Crippen LogP contribution in [0.3, 0.4) is 0 Å². The Morgan fingerprint density at radius 2 is 1.31 bits per heavy atom. The molecule has 0 saturated carbocycles. The minimum atomic E-state index is -0.947. The van der Waals surface area contributed by atoms with Gasteiger partial charge in [0.25, 0.3) is 0 Å². The lowest BCUT2D eigenvalue weighted by Gasteiger charge is -2.27. The first-order valence-corrected chi connectivity index (χ1v) is 10.6. The SMILES string of the molecule is CO/C=C/c1c(Br)cc(N(Cc2ccc(OC)cc2)Cc2ccc(OC)cc2)c(F)c1F. The monoisotopic (exact) mass is 503 g/mol. The van der Waals surface area contributed by atoms with Gasteiger partial charge in [0.2, 0.25) is 0 Å². The Kier molecular flexibility index (Phi) is 8.11. The lowest BCUT2D eigenvalue weighted by Crippen LogP contribution is -2.24. The van der Waals surface area contributed by atoms with Gasteiger partial charge in [-0.15, -0.1) is 0 Å². The van der Waals surface area contributed by atoms with Crippen LogP contribution in [0.1, 0.15) is 16.7 Å². The fraction of sp³-hybridized carbons (Fsp3) is 0.200. The Hall–Kier alpha value is -3.06. The summed E-state index contributed by atoms with van der Waals surface area (Å²) in [6.07, 6.45) is 2.68. The molecule has 3 rings (SSSR count). The van der Waals surface area contributed by atoms with Crippen molar-refractivity contribution < 1.29 is 23.0 Å². The van der Waals surface area contributed by atoms with Gasteiger partial charge in [-0.2, -0.15) is 0 Å². The number of hydrogen-bond acceptors (Lipinski definition) is 4. The lowest BCUT2D eigenvalue weighted by atomic mass is 10.1. The Morgan fingerprint density at radius 3 is 1.75 bits per heavy atom. The molecule has 0 bridgehead atoms. The van der Waals surface area contributed by atoms with E-state index >= 15 is 4.39 Å². The standard InChI is InChI=1S/C25H24BrF2NO3/c1-30-13-12-21-22(26)14-23(25(28)24(21)27)29(15-17-4-8-19(31-2)9-5-17)16-18-6-10-20(32-3)11-7-18/h4-14H,15-16H2,1-3H3/b13-12+. The van der Waals surface area contributed by atoms with Crippen LogP contribution in [0, 0.1) is 11.6 Å². The first-order valence-electron chi connectivity index (χ1n) is 9.84. The summed E-state index contributed by atoms with van der Waals surface area (Å²) in [6.45, 7) is 0.734. The van der Waals surface area contributed by atoms with Crippen LogP contribution in [0.4, 0.5) is 14.5 Å². The van der Waals surface area contributed by atoms with Gasteiger partial charge < -0.3 is 19.1 Å². The minimum Gasteiger partial charge on any atom is -0.504 e. The second-order valence-corrected chi connectivity index (χ2v) is 7.86. The second kappa shape index (κ2) is 11.0. The van der Waals surface area contributed by atoms with E-state index in [1.807, 2.05) is 48.5 Å². The Balaban J connectivity index is 2.01. The van der Waals surface area contributed by atoms with E-state index in [4.69, 9.17) is 14.2 Å². The first-order chi connectivity index (χ1) is 15.5. The van der Waals surface area contributed by atoms with E-state index in [1.165, 1.54) is 19.4 Å². The Labute approximate surface area is 195 Å². The van der Waals surface area contributed by atoms with E-state index in [0.29, 0.717) is 17.6 Å². The molecule has 0 saturated heterocycles. The molecule has 0 amide bonds. The van der Waals surface area contributed by atoms with Gasteiger partial charge in [0.15, 0.2) is 11.6 Å². The zero-order valence-corrected chi connectivity index (χ0v) is 19.7. The van der Waals surface area contributed by atoms with Crippen molar-refractivity contribution in [3.8, 4) is 11.5 Å². The molecule has 0 aliphatic heterocycles. The van der Waals surface area contributed by atoms with Crippen LogP contribution < -0.4 is 14.4 Å². The molecule has 0 fully saturated rings. The highest BCUT2D eigenvalue weighted by molar-refractivity contribution is 9.10. The summed E-state index contributed by atoms with van der Waals surface area (Å²) in [5.74, 6) is -0.419. The predicted molar refractivity (Wildman–Crippen MR) is 126 cm³/mol. The fourth-order valence-corrected chi connectivity index (χ4v) is 3.77. The molecule has 7 heteroatoms. The molecule has 3 aromatic rings. The number of halogens is 3. The number of ether oxygens (including phenoxy) is 3. The summed E-state index contributed by atoms with van der Waals surface area (Å²) in [7, 11) is 4.64. The van der Waals surface area contributed by atoms with Crippen molar-refractivity contribution in [1.29, 1.82) is 0 Å². The van der Waals surface area contributed by atoms with E-state index in [0.717, 1.165) is 22.6 Å². The highest BCUT2D eigenvalue weighted by atomic mass is 79.9. The molecule has 0 heterocycles. The van der Waals surface area contributed by atoms with Crippen LogP contribution >= 0.6 is 15.9 Å². The van der Waals surface area contributed by atoms with Gasteiger partial charge in [-0.1, -0.05) is 24.3 Å². The van der Waals surface area contributed by atoms with E-state index in [1.54, 1.807) is 25.2 Å². The van der Waals surface area contributed by atoms with E-state index in [2.05, 4.69) is 15.9 Å². The minimum absolute atomic E-state index is 0.0851. The van der Waals surface area contributed by atoms with Crippen molar-refractivity contribution in [3.05, 3.63) is 93.7 Å². The largest absolute Gasteiger partial charge is 0.504 e. The smallest absolute Gasteiger partial charge is 0.182 e. The van der Waals surface area contributed by atoms with Crippen molar-refractivity contribution in [2.45, 2.75) is 13.1 Å². The normalized spacial score (nSPS) is 10.9. The van der Waals surface area contributed by atoms with Crippen LogP contribution in [0.15, 0.2) is 65.3 Å². The zero-order valence-electron chi connectivity index (χ0n) is 18.1. The molecule has 0 aliphatic carbocycles. The molecular formula is C25H24BrF2NO3. The molecule has 0 aliphatic rings. The van der Waals surface area contributed by atoms with E-state index in [-0.39, 0.29) is 11.3 Å². The van der Waals surface area contributed by atoms with Crippen molar-refractivity contribution in [1.82, 2.24) is 0 Å². The van der Waals surface area contributed by atoms with Gasteiger partial charge in [-0.25, -0.2) is 8.78 Å². The first kappa shape index (κ1) is 23.6. The second-order valence-electron chi connectivity index (χ2n) is 7.01. The van der Waals surface area contributed by atoms with Crippen LogP contribution in [-0.2, 0) is 17.8 Å². The zero-order chi connectivity index (χ0) is 23.1. The van der Waals surface area contributed by atoms with Gasteiger partial charge >= 0.3 is 0 Å². The lowest BCUT2D eigenvalue weighted by molar-refractivity contribution is 0.341. The number of rotatable bonds is 9. The molecule has 0 unspecified atom stereocenters. The predicted octanol–water partition coefficient (Wildman–Crippen LogP) is 6.57. The van der Waals surface area contributed by atoms with E-state index in [9.17, 15) is 4.39 Å². The molecule has 168 valence electrons. The van der Waals surface area contributed by atoms with Crippen molar-refractivity contribution in [2.24, 2.45) is 0 Å². The van der Waals surface area contributed by atoms with Crippen LogP contribution in [0.2, 0.25) is 0 Å². The van der Waals surface area contributed by atoms with Crippen molar-refractivity contribution in [3.63, 3.8) is 0 Å². The number of benzene rings is 3. The van der Waals surface area contributed by atoms with Crippen molar-refractivity contribution >= 4 is 27.7 Å². The van der Waals surface area contributed by atoms with Crippen molar-refractivity contribution in [2.75, 3.05) is 26.2 Å². The molecule has 32 heavy (non-hydrogen) atoms. The summed E-state index contributed by atoms with van der Waals surface area (Å²) in [5, 5.41) is 0. The van der Waals surface area contributed by atoms with Crippen LogP contribution in [0.25, 0.3) is 6.08 Å². The summed E-state index contributed by atoms with van der Waals surface area (Å²) in [6, 6.07) is 16.5. The fourth-order valence-electron chi connectivity index (χ4n) is 3.24. The van der Waals surface area contributed by atoms with Gasteiger partial charge in [0.1, 0.15) is 11.5 Å². The number of hydrogen-bond donors (Lipinski definition) is 0. The average Bonchev–Trinajstić information content (AvgIpc) is 2.82. The van der Waals surface area contributed by atoms with Gasteiger partial charge in [-0.05, 0) is 63.5 Å². The number of anilines is 1. The number of nitrogens with zero attached hydrogens (tertiary/aromatic N) is 1. The topological polar surface area (TPSA) is 30.9 Å². The molecule has 0 spiro atoms. The maximum atomic E-state index is 15.2. The van der Waals surface area contributed by atoms with Crippen LogP contribution in [0.5, 0.6) is 11.5 Å². The third-order valence-corrected chi connectivity index (χ3v) is 5.61. The quantitative estimate of drug-likeness (QED) is 0.244. The molecular weight excluding hydrogens is 480 g/mol. The molecule has 0 N–H and O–H groups in total. The Bertz CT molecular complexity index is 1020. The summed E-state index contributed by atoms with van der Waals surface area (Å²) in [4.78, 5) is 1.79. The third-order valence-electron chi connectivity index (χ3n) is 4.95. The molecule has 0 aromatic heterocycles. The highest BCUT2D eigenvalue weighted by Gasteiger charge is 2.21. The van der Waals surface area contributed by atoms with E-state index < -0.39 is 11.6 Å². The van der Waals surface area contributed by atoms with Gasteiger partial charge in [0, 0.05) is 23.1 Å². The molecule has 4 nitrogen and oxygen atoms in total. The van der Waals surface area contributed by atoms with Gasteiger partial charge in [-0.3, -0.25) is 0 Å². The average molecular weight is 504 g/mol. The molecule has 3 aromatic carbocycles. The van der Waals surface area contributed by atoms with Crippen LogP contribution in [-0.4, -0.2) is 21.3 Å². The molecule has 0 atom stereocenters. The highest BCUT2D eigenvalue weighted by Crippen LogP contribution is 2.33. The van der Waals surface area contributed by atoms with Gasteiger partial charge in [0.05, 0.1) is 33.3 Å². The number of methoxy groups -OCH3 is 3.